The van der Waals surface area contributed by atoms with Crippen molar-refractivity contribution in [3.63, 3.8) is 0 Å². The first kappa shape index (κ1) is 23.2. The van der Waals surface area contributed by atoms with E-state index in [1.807, 2.05) is 30.3 Å². The molecule has 0 saturated carbocycles. The van der Waals surface area contributed by atoms with Crippen LogP contribution in [0.5, 0.6) is 5.75 Å². The largest absolute Gasteiger partial charge is 0.489 e. The van der Waals surface area contributed by atoms with Gasteiger partial charge in [-0.3, -0.25) is 4.40 Å². The average Bonchev–Trinajstić information content (AvgIpc) is 3.32. The first-order chi connectivity index (χ1) is 17.0. The Hall–Kier alpha value is -3.56. The Morgan fingerprint density at radius 1 is 1.11 bits per heavy atom. The van der Waals surface area contributed by atoms with Crippen LogP contribution >= 0.6 is 0 Å². The fourth-order valence-corrected chi connectivity index (χ4v) is 4.55. The summed E-state index contributed by atoms with van der Waals surface area (Å²) in [7, 11) is 1.64. The van der Waals surface area contributed by atoms with Crippen LogP contribution in [0.2, 0.25) is 0 Å². The van der Waals surface area contributed by atoms with Crippen LogP contribution in [0.25, 0.3) is 16.6 Å². The van der Waals surface area contributed by atoms with Gasteiger partial charge < -0.3 is 18.9 Å². The number of rotatable bonds is 7. The van der Waals surface area contributed by atoms with E-state index in [1.54, 1.807) is 24.5 Å². The first-order valence-corrected chi connectivity index (χ1v) is 11.5. The van der Waals surface area contributed by atoms with Crippen LogP contribution in [0, 0.1) is 5.82 Å². The number of pyridine rings is 1. The molecule has 3 heterocycles. The molecule has 0 atom stereocenters. The van der Waals surface area contributed by atoms with Crippen LogP contribution in [0.1, 0.15) is 41.5 Å². The minimum atomic E-state index is -0.581. The van der Waals surface area contributed by atoms with E-state index in [0.717, 1.165) is 22.0 Å². The molecule has 0 spiro atoms. The third kappa shape index (κ3) is 4.44. The van der Waals surface area contributed by atoms with Gasteiger partial charge in [0.05, 0.1) is 17.7 Å². The number of benzene rings is 2. The molecule has 2 aromatic carbocycles. The Morgan fingerprint density at radius 2 is 1.94 bits per heavy atom. The van der Waals surface area contributed by atoms with Crippen molar-refractivity contribution in [2.24, 2.45) is 0 Å². The number of halogens is 1. The standard InChI is InChI=1S/C26H26FN3O5/c1-3-34-25(31)24-29-28-23-7-5-18-12-17(4-6-22(18)30(23)24)16-35-21-14-19(13-20(27)15-21)26(32-2)8-10-33-11-9-26/h4-7,12-15H,3,8-11,16H2,1-2H3. The topological polar surface area (TPSA) is 84.2 Å². The molecule has 35 heavy (non-hydrogen) atoms. The van der Waals surface area contributed by atoms with E-state index < -0.39 is 11.6 Å². The maximum absolute atomic E-state index is 14.5. The summed E-state index contributed by atoms with van der Waals surface area (Å²) in [6.07, 6.45) is 1.31. The molecule has 4 aromatic rings. The second kappa shape index (κ2) is 9.59. The van der Waals surface area contributed by atoms with E-state index in [1.165, 1.54) is 12.1 Å². The molecule has 5 rings (SSSR count). The Balaban J connectivity index is 1.41. The van der Waals surface area contributed by atoms with Gasteiger partial charge in [-0.2, -0.15) is 0 Å². The molecule has 1 aliphatic heterocycles. The summed E-state index contributed by atoms with van der Waals surface area (Å²) in [6, 6.07) is 14.1. The van der Waals surface area contributed by atoms with Gasteiger partial charge in [0.2, 0.25) is 5.82 Å². The molecule has 9 heteroatoms. The van der Waals surface area contributed by atoms with Gasteiger partial charge in [0.25, 0.3) is 0 Å². The lowest BCUT2D eigenvalue weighted by molar-refractivity contribution is -0.0950. The molecule has 0 unspecified atom stereocenters. The van der Waals surface area contributed by atoms with Crippen LogP contribution in [-0.2, 0) is 26.4 Å². The zero-order chi connectivity index (χ0) is 24.4. The molecule has 0 amide bonds. The van der Waals surface area contributed by atoms with Crippen LogP contribution in [0.4, 0.5) is 4.39 Å². The minimum Gasteiger partial charge on any atom is -0.489 e. The van der Waals surface area contributed by atoms with Crippen molar-refractivity contribution in [3.05, 3.63) is 71.3 Å². The summed E-state index contributed by atoms with van der Waals surface area (Å²) in [5.74, 6) is -0.341. The summed E-state index contributed by atoms with van der Waals surface area (Å²) in [5.41, 5.74) is 2.38. The van der Waals surface area contributed by atoms with Gasteiger partial charge >= 0.3 is 5.97 Å². The SMILES string of the molecule is CCOC(=O)c1nnc2ccc3cc(COc4cc(F)cc(C5(OC)CCOCC5)c4)ccc3n12. The van der Waals surface area contributed by atoms with Crippen LogP contribution in [-0.4, -0.2) is 47.5 Å². The highest BCUT2D eigenvalue weighted by Crippen LogP contribution is 2.37. The van der Waals surface area contributed by atoms with Crippen LogP contribution < -0.4 is 4.74 Å². The van der Waals surface area contributed by atoms with E-state index in [0.29, 0.717) is 37.5 Å². The van der Waals surface area contributed by atoms with Crippen molar-refractivity contribution in [2.45, 2.75) is 32.0 Å². The molecule has 1 aliphatic rings. The van der Waals surface area contributed by atoms with E-state index in [-0.39, 0.29) is 24.9 Å². The summed E-state index contributed by atoms with van der Waals surface area (Å²) in [5, 5.41) is 8.94. The van der Waals surface area contributed by atoms with Gasteiger partial charge in [0.15, 0.2) is 5.65 Å². The van der Waals surface area contributed by atoms with Crippen LogP contribution in [0.15, 0.2) is 48.5 Å². The van der Waals surface area contributed by atoms with Gasteiger partial charge in [0.1, 0.15) is 18.2 Å². The molecule has 0 bridgehead atoms. The smallest absolute Gasteiger partial charge is 0.376 e. The monoisotopic (exact) mass is 479 g/mol. The summed E-state index contributed by atoms with van der Waals surface area (Å²) in [4.78, 5) is 12.3. The lowest BCUT2D eigenvalue weighted by Crippen LogP contribution is -2.35. The van der Waals surface area contributed by atoms with Crippen molar-refractivity contribution in [1.82, 2.24) is 14.6 Å². The second-order valence-electron chi connectivity index (χ2n) is 8.44. The number of fused-ring (bicyclic) bond motifs is 3. The normalized spacial score (nSPS) is 15.4. The highest BCUT2D eigenvalue weighted by Gasteiger charge is 2.35. The van der Waals surface area contributed by atoms with E-state index in [2.05, 4.69) is 10.2 Å². The quantitative estimate of drug-likeness (QED) is 0.363. The van der Waals surface area contributed by atoms with Gasteiger partial charge in [0, 0.05) is 39.2 Å². The third-order valence-corrected chi connectivity index (χ3v) is 6.39. The highest BCUT2D eigenvalue weighted by atomic mass is 19.1. The molecule has 0 aliphatic carbocycles. The Kier molecular flexibility index (Phi) is 6.36. The predicted molar refractivity (Wildman–Crippen MR) is 126 cm³/mol. The molecule has 2 aromatic heterocycles. The predicted octanol–water partition coefficient (Wildman–Crippen LogP) is 4.43. The highest BCUT2D eigenvalue weighted by molar-refractivity contribution is 5.90. The molecular weight excluding hydrogens is 453 g/mol. The van der Waals surface area contributed by atoms with Crippen molar-refractivity contribution in [3.8, 4) is 5.75 Å². The number of hydrogen-bond donors (Lipinski definition) is 0. The van der Waals surface area contributed by atoms with Crippen molar-refractivity contribution >= 4 is 22.5 Å². The average molecular weight is 480 g/mol. The number of carbonyl (C=O) groups excluding carboxylic acids is 1. The molecule has 182 valence electrons. The Labute approximate surface area is 201 Å². The molecule has 1 fully saturated rings. The zero-order valence-electron chi connectivity index (χ0n) is 19.6. The minimum absolute atomic E-state index is 0.129. The van der Waals surface area contributed by atoms with Crippen molar-refractivity contribution < 1.29 is 28.1 Å². The number of esters is 1. The number of nitrogens with zero attached hydrogens (tertiary/aromatic N) is 3. The van der Waals surface area contributed by atoms with Crippen molar-refractivity contribution in [1.29, 1.82) is 0 Å². The number of hydrogen-bond acceptors (Lipinski definition) is 7. The Morgan fingerprint density at radius 3 is 2.71 bits per heavy atom. The summed E-state index contributed by atoms with van der Waals surface area (Å²) < 4.78 is 38.5. The number of carbonyl (C=O) groups is 1. The summed E-state index contributed by atoms with van der Waals surface area (Å²) >= 11 is 0. The molecule has 0 radical (unpaired) electrons. The second-order valence-corrected chi connectivity index (χ2v) is 8.44. The maximum Gasteiger partial charge on any atom is 0.376 e. The molecule has 8 nitrogen and oxygen atoms in total. The molecular formula is C26H26FN3O5. The van der Waals surface area contributed by atoms with Gasteiger partial charge in [-0.25, -0.2) is 9.18 Å². The van der Waals surface area contributed by atoms with Gasteiger partial charge in [-0.15, -0.1) is 10.2 Å². The zero-order valence-corrected chi connectivity index (χ0v) is 19.6. The lowest BCUT2D eigenvalue weighted by atomic mass is 9.86. The van der Waals surface area contributed by atoms with Crippen LogP contribution in [0.3, 0.4) is 0 Å². The fourth-order valence-electron chi connectivity index (χ4n) is 4.55. The van der Waals surface area contributed by atoms with E-state index >= 15 is 0 Å². The van der Waals surface area contributed by atoms with Gasteiger partial charge in [-0.05, 0) is 59.8 Å². The lowest BCUT2D eigenvalue weighted by Gasteiger charge is -2.36. The first-order valence-electron chi connectivity index (χ1n) is 11.5. The van der Waals surface area contributed by atoms with Crippen molar-refractivity contribution in [2.75, 3.05) is 26.9 Å². The van der Waals surface area contributed by atoms with Gasteiger partial charge in [-0.1, -0.05) is 6.07 Å². The van der Waals surface area contributed by atoms with E-state index in [4.69, 9.17) is 18.9 Å². The summed E-state index contributed by atoms with van der Waals surface area (Å²) in [6.45, 7) is 3.37. The third-order valence-electron chi connectivity index (χ3n) is 6.39. The molecule has 1 saturated heterocycles. The molecule has 0 N–H and O–H groups in total. The number of ether oxygens (including phenoxy) is 4. The van der Waals surface area contributed by atoms with E-state index in [9.17, 15) is 9.18 Å². The Bertz CT molecular complexity index is 1380. The maximum atomic E-state index is 14.5. The number of methoxy groups -OCH3 is 1. The fraction of sp³-hybridized carbons (Fsp3) is 0.346. The number of aromatic nitrogens is 3.